The summed E-state index contributed by atoms with van der Waals surface area (Å²) in [6, 6.07) is 5.35. The molecule has 1 aromatic carbocycles. The van der Waals surface area contributed by atoms with Gasteiger partial charge in [-0.05, 0) is 18.6 Å². The molecule has 0 aliphatic heterocycles. The van der Waals surface area contributed by atoms with Gasteiger partial charge in [0.05, 0.1) is 22.5 Å². The zero-order valence-corrected chi connectivity index (χ0v) is 9.59. The van der Waals surface area contributed by atoms with E-state index in [2.05, 4.69) is 5.32 Å². The number of para-hydroxylation sites is 1. The number of nitrogen functional groups attached to an aromatic ring is 1. The van der Waals surface area contributed by atoms with E-state index in [9.17, 15) is 5.11 Å². The molecule has 1 rings (SSSR count). The van der Waals surface area contributed by atoms with Crippen molar-refractivity contribution < 1.29 is 5.11 Å². The van der Waals surface area contributed by atoms with E-state index in [1.54, 1.807) is 18.2 Å². The average molecular weight is 229 g/mol. The second-order valence-corrected chi connectivity index (χ2v) is 3.93. The molecule has 0 bridgehead atoms. The maximum atomic E-state index is 9.55. The van der Waals surface area contributed by atoms with E-state index in [-0.39, 0.29) is 6.10 Å². The highest BCUT2D eigenvalue weighted by atomic mass is 35.5. The van der Waals surface area contributed by atoms with E-state index in [0.29, 0.717) is 22.9 Å². The van der Waals surface area contributed by atoms with Gasteiger partial charge >= 0.3 is 0 Å². The molecule has 0 aromatic heterocycles. The molecule has 0 aliphatic carbocycles. The zero-order valence-electron chi connectivity index (χ0n) is 8.83. The summed E-state index contributed by atoms with van der Waals surface area (Å²) in [5.74, 6) is 0. The average Bonchev–Trinajstić information content (AvgIpc) is 2.17. The smallest absolute Gasteiger partial charge is 0.0764 e. The first-order valence-corrected chi connectivity index (χ1v) is 5.48. The Bertz CT molecular complexity index is 297. The molecule has 0 heterocycles. The largest absolute Gasteiger partial charge is 0.397 e. The van der Waals surface area contributed by atoms with Crippen molar-refractivity contribution in [2.75, 3.05) is 17.6 Å². The first kappa shape index (κ1) is 12.1. The molecule has 1 aromatic rings. The van der Waals surface area contributed by atoms with Crippen LogP contribution in [0.3, 0.4) is 0 Å². The molecule has 0 amide bonds. The third-order valence-electron chi connectivity index (χ3n) is 2.18. The Labute approximate surface area is 95.2 Å². The first-order chi connectivity index (χ1) is 7.15. The fourth-order valence-corrected chi connectivity index (χ4v) is 1.63. The number of aliphatic hydroxyl groups excluding tert-OH is 1. The minimum absolute atomic E-state index is 0.356. The number of rotatable bonds is 5. The molecule has 0 saturated heterocycles. The number of halogens is 1. The van der Waals surface area contributed by atoms with Crippen LogP contribution in [0.1, 0.15) is 19.8 Å². The molecule has 0 spiro atoms. The number of anilines is 2. The second kappa shape index (κ2) is 5.83. The minimum atomic E-state index is -0.356. The summed E-state index contributed by atoms with van der Waals surface area (Å²) >= 11 is 5.97. The maximum Gasteiger partial charge on any atom is 0.0764 e. The molecule has 0 saturated carbocycles. The highest BCUT2D eigenvalue weighted by molar-refractivity contribution is 6.33. The summed E-state index contributed by atoms with van der Waals surface area (Å²) < 4.78 is 0. The van der Waals surface area contributed by atoms with Crippen molar-refractivity contribution in [3.8, 4) is 0 Å². The Morgan fingerprint density at radius 1 is 1.53 bits per heavy atom. The van der Waals surface area contributed by atoms with E-state index < -0.39 is 0 Å². The van der Waals surface area contributed by atoms with Gasteiger partial charge in [-0.3, -0.25) is 0 Å². The summed E-state index contributed by atoms with van der Waals surface area (Å²) in [5.41, 5.74) is 7.06. The van der Waals surface area contributed by atoms with Crippen molar-refractivity contribution in [2.45, 2.75) is 25.9 Å². The van der Waals surface area contributed by atoms with Gasteiger partial charge < -0.3 is 16.2 Å². The molecular weight excluding hydrogens is 212 g/mol. The number of hydrogen-bond donors (Lipinski definition) is 3. The van der Waals surface area contributed by atoms with Crippen molar-refractivity contribution in [2.24, 2.45) is 0 Å². The Morgan fingerprint density at radius 2 is 2.27 bits per heavy atom. The number of hydrogen-bond acceptors (Lipinski definition) is 3. The van der Waals surface area contributed by atoms with Crippen molar-refractivity contribution >= 4 is 23.0 Å². The van der Waals surface area contributed by atoms with E-state index >= 15 is 0 Å². The summed E-state index contributed by atoms with van der Waals surface area (Å²) in [4.78, 5) is 0. The van der Waals surface area contributed by atoms with Crippen molar-refractivity contribution in [1.29, 1.82) is 0 Å². The number of aliphatic hydroxyl groups is 1. The predicted octanol–water partition coefficient (Wildman–Crippen LogP) is 2.50. The highest BCUT2D eigenvalue weighted by Gasteiger charge is 2.06. The molecular formula is C11H17ClN2O. The molecule has 4 heteroatoms. The zero-order chi connectivity index (χ0) is 11.3. The van der Waals surface area contributed by atoms with Gasteiger partial charge in [-0.1, -0.05) is 31.0 Å². The molecule has 0 fully saturated rings. The minimum Gasteiger partial charge on any atom is -0.397 e. The lowest BCUT2D eigenvalue weighted by atomic mass is 10.2. The number of nitrogens with one attached hydrogen (secondary N) is 1. The van der Waals surface area contributed by atoms with E-state index in [1.807, 2.05) is 6.92 Å². The summed E-state index contributed by atoms with van der Waals surface area (Å²) in [7, 11) is 0. The highest BCUT2D eigenvalue weighted by Crippen LogP contribution is 2.27. The van der Waals surface area contributed by atoms with Gasteiger partial charge in [-0.2, -0.15) is 0 Å². The molecule has 15 heavy (non-hydrogen) atoms. The van der Waals surface area contributed by atoms with Crippen LogP contribution in [0, 0.1) is 0 Å². The topological polar surface area (TPSA) is 58.3 Å². The summed E-state index contributed by atoms with van der Waals surface area (Å²) in [6.07, 6.45) is 1.38. The fourth-order valence-electron chi connectivity index (χ4n) is 1.38. The molecule has 4 N–H and O–H groups in total. The first-order valence-electron chi connectivity index (χ1n) is 5.11. The summed E-state index contributed by atoms with van der Waals surface area (Å²) in [5, 5.41) is 13.2. The molecule has 0 aliphatic rings. The van der Waals surface area contributed by atoms with Gasteiger partial charge in [-0.25, -0.2) is 0 Å². The van der Waals surface area contributed by atoms with Gasteiger partial charge in [-0.15, -0.1) is 0 Å². The van der Waals surface area contributed by atoms with E-state index in [0.717, 1.165) is 12.8 Å². The van der Waals surface area contributed by atoms with Crippen LogP contribution in [0.4, 0.5) is 11.4 Å². The van der Waals surface area contributed by atoms with Crippen molar-refractivity contribution in [1.82, 2.24) is 0 Å². The van der Waals surface area contributed by atoms with Crippen molar-refractivity contribution in [3.05, 3.63) is 23.2 Å². The molecule has 0 radical (unpaired) electrons. The Morgan fingerprint density at radius 3 is 2.87 bits per heavy atom. The van der Waals surface area contributed by atoms with Gasteiger partial charge in [0.15, 0.2) is 0 Å². The Hall–Kier alpha value is -0.930. The van der Waals surface area contributed by atoms with Gasteiger partial charge in [0.1, 0.15) is 0 Å². The van der Waals surface area contributed by atoms with Gasteiger partial charge in [0, 0.05) is 6.54 Å². The van der Waals surface area contributed by atoms with Crippen LogP contribution < -0.4 is 11.1 Å². The Balaban J connectivity index is 2.57. The quantitative estimate of drug-likeness (QED) is 0.679. The normalized spacial score (nSPS) is 12.5. The molecule has 1 atom stereocenters. The lowest BCUT2D eigenvalue weighted by molar-refractivity contribution is 0.176. The standard InChI is InChI=1S/C11H17ClN2O/c1-2-4-8(15)7-14-11-9(12)5-3-6-10(11)13/h3,5-6,8,14-15H,2,4,7,13H2,1H3. The lowest BCUT2D eigenvalue weighted by Gasteiger charge is -2.14. The van der Waals surface area contributed by atoms with Crippen LogP contribution >= 0.6 is 11.6 Å². The molecule has 3 nitrogen and oxygen atoms in total. The predicted molar refractivity (Wildman–Crippen MR) is 65.3 cm³/mol. The van der Waals surface area contributed by atoms with Crippen LogP contribution in [-0.4, -0.2) is 17.8 Å². The third-order valence-corrected chi connectivity index (χ3v) is 2.50. The van der Waals surface area contributed by atoms with E-state index in [1.165, 1.54) is 0 Å². The fraction of sp³-hybridized carbons (Fsp3) is 0.455. The monoisotopic (exact) mass is 228 g/mol. The SMILES string of the molecule is CCCC(O)CNc1c(N)cccc1Cl. The van der Waals surface area contributed by atoms with Crippen LogP contribution in [-0.2, 0) is 0 Å². The van der Waals surface area contributed by atoms with Crippen LogP contribution in [0.25, 0.3) is 0 Å². The molecule has 1 unspecified atom stereocenters. The molecule has 84 valence electrons. The second-order valence-electron chi connectivity index (χ2n) is 3.53. The van der Waals surface area contributed by atoms with Crippen molar-refractivity contribution in [3.63, 3.8) is 0 Å². The summed E-state index contributed by atoms with van der Waals surface area (Å²) in [6.45, 7) is 2.51. The van der Waals surface area contributed by atoms with Crippen LogP contribution in [0.5, 0.6) is 0 Å². The van der Waals surface area contributed by atoms with E-state index in [4.69, 9.17) is 17.3 Å². The number of benzene rings is 1. The lowest BCUT2D eigenvalue weighted by Crippen LogP contribution is -2.19. The third kappa shape index (κ3) is 3.61. The van der Waals surface area contributed by atoms with Crippen LogP contribution in [0.2, 0.25) is 5.02 Å². The number of nitrogens with two attached hydrogens (primary N) is 1. The van der Waals surface area contributed by atoms with Gasteiger partial charge in [0.25, 0.3) is 0 Å². The maximum absolute atomic E-state index is 9.55. The Kier molecular flexibility index (Phi) is 4.72. The van der Waals surface area contributed by atoms with Gasteiger partial charge in [0.2, 0.25) is 0 Å². The van der Waals surface area contributed by atoms with Crippen LogP contribution in [0.15, 0.2) is 18.2 Å².